The highest BCUT2D eigenvalue weighted by Crippen LogP contribution is 2.38. The van der Waals surface area contributed by atoms with Crippen molar-refractivity contribution < 1.29 is 9.53 Å². The fraction of sp³-hybridized carbons (Fsp3) is 0.611. The van der Waals surface area contributed by atoms with Gasteiger partial charge in [-0.3, -0.25) is 4.79 Å². The first kappa shape index (κ1) is 20.9. The minimum absolute atomic E-state index is 0. The molecular weight excluding hydrogens is 326 g/mol. The van der Waals surface area contributed by atoms with Crippen LogP contribution in [-0.4, -0.2) is 45.3 Å². The van der Waals surface area contributed by atoms with E-state index in [2.05, 4.69) is 24.5 Å². The molecule has 1 aromatic rings. The predicted octanol–water partition coefficient (Wildman–Crippen LogP) is 1.62. The van der Waals surface area contributed by atoms with E-state index in [1.165, 1.54) is 11.1 Å². The summed E-state index contributed by atoms with van der Waals surface area (Å²) in [4.78, 5) is 11.5. The molecule has 0 saturated carbocycles. The lowest BCUT2D eigenvalue weighted by atomic mass is 9.67. The molecule has 6 heteroatoms. The van der Waals surface area contributed by atoms with Gasteiger partial charge in [0.05, 0.1) is 6.10 Å². The van der Waals surface area contributed by atoms with E-state index in [1.807, 2.05) is 25.2 Å². The standard InChI is InChI=1S/C18H29N3O2.ClH/c1-18(2)14-10-13(17(19)22)7-6-12(14)11-15(23-4)16(18)21-9-5-8-20-3;/h6-7,10,15-16,20-21H,5,8-9,11H2,1-4H3,(H2,19,22);1H. The molecular formula is C18H30ClN3O2. The van der Waals surface area contributed by atoms with Crippen LogP contribution in [0.5, 0.6) is 0 Å². The number of benzene rings is 1. The van der Waals surface area contributed by atoms with E-state index in [0.717, 1.165) is 25.9 Å². The topological polar surface area (TPSA) is 76.4 Å². The van der Waals surface area contributed by atoms with Crippen LogP contribution in [0.3, 0.4) is 0 Å². The third kappa shape index (κ3) is 4.28. The van der Waals surface area contributed by atoms with Crippen LogP contribution in [0.25, 0.3) is 0 Å². The molecule has 0 aliphatic heterocycles. The molecule has 2 rings (SSSR count). The largest absolute Gasteiger partial charge is 0.379 e. The van der Waals surface area contributed by atoms with Crippen LogP contribution in [-0.2, 0) is 16.6 Å². The summed E-state index contributed by atoms with van der Waals surface area (Å²) in [5.41, 5.74) is 8.31. The van der Waals surface area contributed by atoms with E-state index in [-0.39, 0.29) is 35.9 Å². The number of nitrogens with two attached hydrogens (primary N) is 1. The Labute approximate surface area is 151 Å². The van der Waals surface area contributed by atoms with Crippen molar-refractivity contribution in [3.8, 4) is 0 Å². The van der Waals surface area contributed by atoms with Gasteiger partial charge in [-0.2, -0.15) is 0 Å². The zero-order valence-corrected chi connectivity index (χ0v) is 15.8. The Bertz CT molecular complexity index is 563. The van der Waals surface area contributed by atoms with Crippen LogP contribution < -0.4 is 16.4 Å². The van der Waals surface area contributed by atoms with E-state index < -0.39 is 0 Å². The normalized spacial score (nSPS) is 21.7. The molecule has 2 unspecified atom stereocenters. The molecule has 0 spiro atoms. The zero-order valence-electron chi connectivity index (χ0n) is 15.0. The van der Waals surface area contributed by atoms with Crippen molar-refractivity contribution in [2.45, 2.75) is 44.2 Å². The van der Waals surface area contributed by atoms with Gasteiger partial charge in [0, 0.05) is 30.6 Å². The van der Waals surface area contributed by atoms with Gasteiger partial charge in [-0.1, -0.05) is 19.9 Å². The minimum Gasteiger partial charge on any atom is -0.379 e. The lowest BCUT2D eigenvalue weighted by Crippen LogP contribution is -2.57. The van der Waals surface area contributed by atoms with E-state index in [4.69, 9.17) is 10.5 Å². The van der Waals surface area contributed by atoms with Crippen molar-refractivity contribution in [3.63, 3.8) is 0 Å². The van der Waals surface area contributed by atoms with E-state index in [0.29, 0.717) is 5.56 Å². The van der Waals surface area contributed by atoms with Gasteiger partial charge in [-0.05, 0) is 49.8 Å². The van der Waals surface area contributed by atoms with Crippen LogP contribution in [0, 0.1) is 0 Å². The Morgan fingerprint density at radius 3 is 2.67 bits per heavy atom. The summed E-state index contributed by atoms with van der Waals surface area (Å²) in [5, 5.41) is 6.82. The molecule has 2 atom stereocenters. The Kier molecular flexibility index (Phi) is 7.67. The smallest absolute Gasteiger partial charge is 0.248 e. The molecule has 0 heterocycles. The van der Waals surface area contributed by atoms with Crippen LogP contribution in [0.4, 0.5) is 0 Å². The quantitative estimate of drug-likeness (QED) is 0.650. The van der Waals surface area contributed by atoms with Gasteiger partial charge >= 0.3 is 0 Å². The van der Waals surface area contributed by atoms with Crippen molar-refractivity contribution in [1.29, 1.82) is 0 Å². The lowest BCUT2D eigenvalue weighted by Gasteiger charge is -2.45. The SMILES string of the molecule is CNCCCNC1C(OC)Cc2ccc(C(N)=O)cc2C1(C)C.Cl. The number of primary amides is 1. The van der Waals surface area contributed by atoms with Crippen molar-refractivity contribution in [2.75, 3.05) is 27.2 Å². The fourth-order valence-electron chi connectivity index (χ4n) is 3.60. The summed E-state index contributed by atoms with van der Waals surface area (Å²) in [6.07, 6.45) is 2.03. The van der Waals surface area contributed by atoms with E-state index in [1.54, 1.807) is 7.11 Å². The Morgan fingerprint density at radius 2 is 2.08 bits per heavy atom. The zero-order chi connectivity index (χ0) is 17.0. The fourth-order valence-corrected chi connectivity index (χ4v) is 3.60. The molecule has 1 aromatic carbocycles. The summed E-state index contributed by atoms with van der Waals surface area (Å²) < 4.78 is 5.76. The van der Waals surface area contributed by atoms with Gasteiger partial charge in [0.15, 0.2) is 0 Å². The van der Waals surface area contributed by atoms with Crippen molar-refractivity contribution >= 4 is 18.3 Å². The molecule has 0 fully saturated rings. The second-order valence-corrected chi connectivity index (χ2v) is 6.83. The maximum absolute atomic E-state index is 11.5. The second-order valence-electron chi connectivity index (χ2n) is 6.83. The molecule has 5 nitrogen and oxygen atoms in total. The number of hydrogen-bond acceptors (Lipinski definition) is 4. The Hall–Kier alpha value is -1.14. The number of carbonyl (C=O) groups is 1. The van der Waals surface area contributed by atoms with Crippen molar-refractivity contribution in [1.82, 2.24) is 10.6 Å². The average molecular weight is 356 g/mol. The summed E-state index contributed by atoms with van der Waals surface area (Å²) >= 11 is 0. The Balaban J connectivity index is 0.00000288. The minimum atomic E-state index is -0.379. The molecule has 0 radical (unpaired) electrons. The van der Waals surface area contributed by atoms with Gasteiger partial charge in [0.25, 0.3) is 0 Å². The first-order valence-corrected chi connectivity index (χ1v) is 8.25. The van der Waals surface area contributed by atoms with Crippen LogP contribution in [0.15, 0.2) is 18.2 Å². The molecule has 1 aliphatic rings. The van der Waals surface area contributed by atoms with Gasteiger partial charge in [-0.25, -0.2) is 0 Å². The third-order valence-corrected chi connectivity index (χ3v) is 4.93. The third-order valence-electron chi connectivity index (χ3n) is 4.93. The van der Waals surface area contributed by atoms with E-state index in [9.17, 15) is 4.79 Å². The number of hydrogen-bond donors (Lipinski definition) is 3. The second kappa shape index (κ2) is 8.81. The monoisotopic (exact) mass is 355 g/mol. The molecule has 0 aromatic heterocycles. The molecule has 4 N–H and O–H groups in total. The summed E-state index contributed by atoms with van der Waals surface area (Å²) in [5.74, 6) is -0.379. The highest BCUT2D eigenvalue weighted by atomic mass is 35.5. The lowest BCUT2D eigenvalue weighted by molar-refractivity contribution is 0.0356. The van der Waals surface area contributed by atoms with Crippen LogP contribution >= 0.6 is 12.4 Å². The van der Waals surface area contributed by atoms with Crippen LogP contribution in [0.1, 0.15) is 41.8 Å². The average Bonchev–Trinajstić information content (AvgIpc) is 2.52. The van der Waals surface area contributed by atoms with Gasteiger partial charge in [-0.15, -0.1) is 12.4 Å². The highest BCUT2D eigenvalue weighted by Gasteiger charge is 2.42. The molecule has 24 heavy (non-hydrogen) atoms. The number of ether oxygens (including phenoxy) is 1. The first-order chi connectivity index (χ1) is 10.9. The number of rotatable bonds is 7. The number of carbonyl (C=O) groups excluding carboxylic acids is 1. The molecule has 0 saturated heterocycles. The maximum Gasteiger partial charge on any atom is 0.248 e. The van der Waals surface area contributed by atoms with Gasteiger partial charge < -0.3 is 21.1 Å². The summed E-state index contributed by atoms with van der Waals surface area (Å²) in [6.45, 7) is 6.33. The maximum atomic E-state index is 11.5. The van der Waals surface area contributed by atoms with Crippen LogP contribution in [0.2, 0.25) is 0 Å². The van der Waals surface area contributed by atoms with E-state index >= 15 is 0 Å². The first-order valence-electron chi connectivity index (χ1n) is 8.25. The number of nitrogens with one attached hydrogen (secondary N) is 2. The van der Waals surface area contributed by atoms with Gasteiger partial charge in [0.2, 0.25) is 5.91 Å². The number of amides is 1. The molecule has 1 amide bonds. The van der Waals surface area contributed by atoms with Crippen molar-refractivity contribution in [2.24, 2.45) is 5.73 Å². The summed E-state index contributed by atoms with van der Waals surface area (Å²) in [6, 6.07) is 5.97. The Morgan fingerprint density at radius 1 is 1.38 bits per heavy atom. The number of halogens is 1. The molecule has 136 valence electrons. The summed E-state index contributed by atoms with van der Waals surface area (Å²) in [7, 11) is 3.73. The predicted molar refractivity (Wildman–Crippen MR) is 100 cm³/mol. The van der Waals surface area contributed by atoms with Gasteiger partial charge in [0.1, 0.15) is 0 Å². The number of methoxy groups -OCH3 is 1. The highest BCUT2D eigenvalue weighted by molar-refractivity contribution is 5.93. The molecule has 0 bridgehead atoms. The number of fused-ring (bicyclic) bond motifs is 1. The van der Waals surface area contributed by atoms with Crippen molar-refractivity contribution in [3.05, 3.63) is 34.9 Å². The molecule has 1 aliphatic carbocycles.